The number of rotatable bonds is 3. The molecule has 0 saturated heterocycles. The molecule has 0 amide bonds. The zero-order chi connectivity index (χ0) is 11.4. The third-order valence-corrected chi connectivity index (χ3v) is 1.41. The molecule has 0 aromatic rings. The van der Waals surface area contributed by atoms with Crippen LogP contribution < -0.4 is 24.2 Å². The molecule has 80 valence electrons. The molecule has 3 nitrogen and oxygen atoms in total. The van der Waals surface area contributed by atoms with Gasteiger partial charge in [0.25, 0.3) is 0 Å². The molecular weight excluding hydrogens is 185 g/mol. The fourth-order valence-corrected chi connectivity index (χ4v) is 0.715. The van der Waals surface area contributed by atoms with Crippen molar-refractivity contribution in [1.82, 2.24) is 5.32 Å². The van der Waals surface area contributed by atoms with Crippen LogP contribution in [0.1, 0.15) is 34.6 Å². The maximum atomic E-state index is 11.2. The molecule has 0 heterocycles. The van der Waals surface area contributed by atoms with E-state index in [0.717, 1.165) is 0 Å². The minimum Gasteiger partial charge on any atom is -0.692 e. The van der Waals surface area contributed by atoms with Gasteiger partial charge in [-0.25, -0.2) is 0 Å². The van der Waals surface area contributed by atoms with Gasteiger partial charge < -0.3 is 17.1 Å². The first kappa shape index (κ1) is 17.0. The van der Waals surface area contributed by atoms with E-state index in [1.165, 1.54) is 0 Å². The third kappa shape index (κ3) is 9.88. The van der Waals surface area contributed by atoms with Gasteiger partial charge in [-0.2, -0.15) is 0 Å². The van der Waals surface area contributed by atoms with Crippen molar-refractivity contribution < 1.29 is 28.4 Å². The van der Waals surface area contributed by atoms with Crippen LogP contribution in [0.2, 0.25) is 0 Å². The van der Waals surface area contributed by atoms with E-state index in [-0.39, 0.29) is 31.4 Å². The monoisotopic (exact) mass is 203 g/mol. The van der Waals surface area contributed by atoms with Crippen LogP contribution in [0.25, 0.3) is 0 Å². The fourth-order valence-electron chi connectivity index (χ4n) is 0.715. The zero-order valence-electron chi connectivity index (χ0n) is 10.5. The van der Waals surface area contributed by atoms with Gasteiger partial charge in [0.2, 0.25) is 0 Å². The molecule has 4 heteroatoms. The van der Waals surface area contributed by atoms with E-state index in [4.69, 9.17) is 11.2 Å². The Kier molecular flexibility index (Phi) is 7.06. The Labute approximate surface area is 105 Å². The molecule has 15 heavy (non-hydrogen) atoms. The largest absolute Gasteiger partial charge is 1.00 e. The molecule has 0 aromatic heterocycles. The van der Waals surface area contributed by atoms with Crippen LogP contribution in [-0.2, 0) is 9.53 Å². The average Bonchev–Trinajstić information content (AvgIpc) is 1.98. The minimum absolute atomic E-state index is 0. The van der Waals surface area contributed by atoms with Gasteiger partial charge in [-0.1, -0.05) is 0 Å². The van der Waals surface area contributed by atoms with Crippen LogP contribution in [0.3, 0.4) is 0 Å². The number of hydrogen-bond acceptors (Lipinski definition) is 3. The van der Waals surface area contributed by atoms with E-state index in [1.807, 2.05) is 20.8 Å². The topological polar surface area (TPSA) is 38.3 Å². The Morgan fingerprint density at radius 1 is 1.33 bits per heavy atom. The van der Waals surface area contributed by atoms with Gasteiger partial charge >= 0.3 is 24.8 Å². The van der Waals surface area contributed by atoms with E-state index in [0.29, 0.717) is 0 Å². The Bertz CT molecular complexity index is 248. The minimum atomic E-state index is -0.586. The molecule has 0 atom stereocenters. The number of carbonyl (C=O) groups is 1. The summed E-state index contributed by atoms with van der Waals surface area (Å²) in [5, 5.41) is 2.86. The van der Waals surface area contributed by atoms with Crippen LogP contribution in [0.15, 0.2) is 0 Å². The smallest absolute Gasteiger partial charge is 0.692 e. The van der Waals surface area contributed by atoms with Gasteiger partial charge in [0.1, 0.15) is 5.60 Å². The first-order valence-electron chi connectivity index (χ1n) is 4.57. The standard InChI is InChI=1S/C11H18NO2.Li/c1-7-11(5,6)12-8-9(13)14-10(2,3)4;/h12H,8H2,2-6H3;/q-1;+1. The number of carbonyl (C=O) groups excluding carboxylic acids is 1. The molecule has 0 spiro atoms. The van der Waals surface area contributed by atoms with Gasteiger partial charge in [-0.05, 0) is 34.6 Å². The molecule has 0 radical (unpaired) electrons. The summed E-state index contributed by atoms with van der Waals surface area (Å²) in [6.07, 6.45) is 6.97. The Hall–Kier alpha value is -0.413. The molecule has 0 unspecified atom stereocenters. The summed E-state index contributed by atoms with van der Waals surface area (Å²) in [6.45, 7) is 9.08. The molecular formula is C11H18LiNO2. The molecule has 0 aliphatic rings. The maximum Gasteiger partial charge on any atom is 1.00 e. The van der Waals surface area contributed by atoms with Crippen LogP contribution >= 0.6 is 0 Å². The van der Waals surface area contributed by atoms with Crippen LogP contribution in [0.5, 0.6) is 0 Å². The first-order valence-corrected chi connectivity index (χ1v) is 4.57. The summed E-state index contributed by atoms with van der Waals surface area (Å²) in [5.41, 5.74) is -1.05. The summed E-state index contributed by atoms with van der Waals surface area (Å²) in [5.74, 6) is 1.97. The second-order valence-electron chi connectivity index (χ2n) is 4.69. The molecule has 0 aliphatic heterocycles. The summed E-state index contributed by atoms with van der Waals surface area (Å²) in [6, 6.07) is 0. The van der Waals surface area contributed by atoms with Crippen molar-refractivity contribution in [2.75, 3.05) is 6.54 Å². The van der Waals surface area contributed by atoms with Crippen molar-refractivity contribution in [2.24, 2.45) is 0 Å². The fraction of sp³-hybridized carbons (Fsp3) is 0.727. The van der Waals surface area contributed by atoms with Crippen LogP contribution in [0.4, 0.5) is 0 Å². The van der Waals surface area contributed by atoms with Gasteiger partial charge in [0.15, 0.2) is 0 Å². The summed E-state index contributed by atoms with van der Waals surface area (Å²) in [7, 11) is 0. The normalized spacial score (nSPS) is 11.2. The Balaban J connectivity index is 0. The van der Waals surface area contributed by atoms with Crippen LogP contribution in [-0.4, -0.2) is 23.7 Å². The molecule has 0 fully saturated rings. The summed E-state index contributed by atoms with van der Waals surface area (Å²) < 4.78 is 5.09. The van der Waals surface area contributed by atoms with Crippen molar-refractivity contribution in [3.8, 4) is 5.92 Å². The van der Waals surface area contributed by atoms with Crippen LogP contribution in [0, 0.1) is 12.3 Å². The summed E-state index contributed by atoms with van der Waals surface area (Å²) in [4.78, 5) is 11.2. The Morgan fingerprint density at radius 3 is 2.13 bits per heavy atom. The second kappa shape index (κ2) is 6.23. The van der Waals surface area contributed by atoms with Gasteiger partial charge in [0.05, 0.1) is 6.54 Å². The molecule has 0 aliphatic carbocycles. The van der Waals surface area contributed by atoms with E-state index in [1.54, 1.807) is 13.8 Å². The van der Waals surface area contributed by atoms with E-state index < -0.39 is 11.1 Å². The van der Waals surface area contributed by atoms with Crippen molar-refractivity contribution in [2.45, 2.75) is 45.8 Å². The summed E-state index contributed by atoms with van der Waals surface area (Å²) >= 11 is 0. The first-order chi connectivity index (χ1) is 6.16. The van der Waals surface area contributed by atoms with Crippen molar-refractivity contribution in [3.05, 3.63) is 6.42 Å². The average molecular weight is 203 g/mol. The van der Waals surface area contributed by atoms with Gasteiger partial charge in [-0.15, -0.1) is 0 Å². The predicted molar refractivity (Wildman–Crippen MR) is 55.1 cm³/mol. The molecule has 0 rings (SSSR count). The van der Waals surface area contributed by atoms with Gasteiger partial charge in [0, 0.05) is 5.54 Å². The molecule has 0 saturated carbocycles. The number of nitrogens with one attached hydrogen (secondary N) is 1. The SMILES string of the molecule is [C-]#CC(C)(C)NCC(=O)OC(C)(C)C.[Li+]. The third-order valence-electron chi connectivity index (χ3n) is 1.41. The number of esters is 1. The zero-order valence-corrected chi connectivity index (χ0v) is 10.5. The quantitative estimate of drug-likeness (QED) is 0.257. The number of hydrogen-bond donors (Lipinski definition) is 1. The number of ether oxygens (including phenoxy) is 1. The molecule has 0 bridgehead atoms. The van der Waals surface area contributed by atoms with Gasteiger partial charge in [-0.3, -0.25) is 10.1 Å². The second-order valence-corrected chi connectivity index (χ2v) is 4.69. The van der Waals surface area contributed by atoms with Crippen molar-refractivity contribution >= 4 is 5.97 Å². The van der Waals surface area contributed by atoms with E-state index >= 15 is 0 Å². The van der Waals surface area contributed by atoms with E-state index in [9.17, 15) is 4.79 Å². The van der Waals surface area contributed by atoms with Crippen molar-refractivity contribution in [3.63, 3.8) is 0 Å². The molecule has 0 aromatic carbocycles. The van der Waals surface area contributed by atoms with E-state index in [2.05, 4.69) is 11.2 Å². The predicted octanol–water partition coefficient (Wildman–Crippen LogP) is -1.71. The Morgan fingerprint density at radius 2 is 1.80 bits per heavy atom. The maximum absolute atomic E-state index is 11.2. The molecule has 1 N–H and O–H groups in total. The van der Waals surface area contributed by atoms with Crippen molar-refractivity contribution in [1.29, 1.82) is 0 Å².